The maximum atomic E-state index is 14.3. The predicted octanol–water partition coefficient (Wildman–Crippen LogP) is 2.61. The summed E-state index contributed by atoms with van der Waals surface area (Å²) in [5.74, 6) is 0.325. The molecule has 206 valence electrons. The smallest absolute Gasteiger partial charge is 0.333 e. The van der Waals surface area contributed by atoms with E-state index in [1.165, 1.54) is 27.7 Å². The molecule has 0 amide bonds. The van der Waals surface area contributed by atoms with E-state index in [2.05, 4.69) is 19.8 Å². The van der Waals surface area contributed by atoms with E-state index in [9.17, 15) is 22.4 Å². The first-order valence-electron chi connectivity index (χ1n) is 12.7. The van der Waals surface area contributed by atoms with E-state index in [1.54, 1.807) is 49.5 Å². The first-order valence-corrected chi connectivity index (χ1v) is 14.2. The number of hydrogen-bond donors (Lipinski definition) is 2. The van der Waals surface area contributed by atoms with E-state index in [0.29, 0.717) is 30.4 Å². The van der Waals surface area contributed by atoms with E-state index < -0.39 is 27.1 Å². The van der Waals surface area contributed by atoms with Crippen molar-refractivity contribution < 1.29 is 12.8 Å². The zero-order valence-corrected chi connectivity index (χ0v) is 22.4. The third-order valence-electron chi connectivity index (χ3n) is 6.90. The van der Waals surface area contributed by atoms with Crippen molar-refractivity contribution in [3.8, 4) is 0 Å². The van der Waals surface area contributed by atoms with Crippen LogP contribution in [0.2, 0.25) is 0 Å². The van der Waals surface area contributed by atoms with E-state index in [-0.39, 0.29) is 28.2 Å². The van der Waals surface area contributed by atoms with Gasteiger partial charge in [0, 0.05) is 37.5 Å². The number of nitrogens with zero attached hydrogens (tertiary/aromatic N) is 5. The summed E-state index contributed by atoms with van der Waals surface area (Å²) in [6.45, 7) is 0.249. The Labute approximate surface area is 228 Å². The van der Waals surface area contributed by atoms with Crippen molar-refractivity contribution in [1.29, 1.82) is 0 Å². The molecule has 0 bridgehead atoms. The maximum Gasteiger partial charge on any atom is 0.333 e. The number of hydrogen-bond acceptors (Lipinski definition) is 6. The fourth-order valence-electron chi connectivity index (χ4n) is 4.59. The fourth-order valence-corrected chi connectivity index (χ4v) is 5.63. The number of benzene rings is 2. The van der Waals surface area contributed by atoms with Gasteiger partial charge in [0.15, 0.2) is 5.65 Å². The standard InChI is InChI=1S/C27H26FN7O4S/c1-33-16-21(13-29-33)40(38,39)32-20-10-8-17(9-11-20)12-23-30-24-25(31-23)34(14-18-6-7-18)27(37)35(26(24)36)15-19-4-2-3-5-22(19)28/h2-5,8-11,13,16,18,32H,6-7,12,14-15H2,1H3,(H,30,31). The van der Waals surface area contributed by atoms with Gasteiger partial charge in [-0.3, -0.25) is 23.3 Å². The van der Waals surface area contributed by atoms with Gasteiger partial charge in [-0.2, -0.15) is 5.10 Å². The van der Waals surface area contributed by atoms with Crippen molar-refractivity contribution >= 4 is 26.9 Å². The highest BCUT2D eigenvalue weighted by Crippen LogP contribution is 2.30. The van der Waals surface area contributed by atoms with Gasteiger partial charge in [0.25, 0.3) is 15.6 Å². The molecule has 0 aliphatic heterocycles. The van der Waals surface area contributed by atoms with Crippen molar-refractivity contribution in [3.05, 3.63) is 105 Å². The Bertz CT molecular complexity index is 1950. The van der Waals surface area contributed by atoms with Gasteiger partial charge in [-0.05, 0) is 42.5 Å². The molecule has 1 aliphatic carbocycles. The number of sulfonamides is 1. The van der Waals surface area contributed by atoms with Gasteiger partial charge in [0.05, 0.1) is 12.7 Å². The zero-order valence-electron chi connectivity index (χ0n) is 21.5. The number of nitrogens with one attached hydrogen (secondary N) is 2. The SMILES string of the molecule is Cn1cc(S(=O)(=O)Nc2ccc(Cc3nc4c([nH]3)c(=O)n(Cc3ccccc3F)c(=O)n4CC3CC3)cc2)cn1. The molecule has 0 radical (unpaired) electrons. The Morgan fingerprint density at radius 3 is 2.50 bits per heavy atom. The molecule has 2 N–H and O–H groups in total. The van der Waals surface area contributed by atoms with Gasteiger partial charge < -0.3 is 4.98 Å². The quantitative estimate of drug-likeness (QED) is 0.283. The van der Waals surface area contributed by atoms with Gasteiger partial charge in [-0.25, -0.2) is 22.6 Å². The van der Waals surface area contributed by atoms with Crippen LogP contribution >= 0.6 is 0 Å². The first-order chi connectivity index (χ1) is 19.2. The third kappa shape index (κ3) is 5.07. The Morgan fingerprint density at radius 1 is 1.07 bits per heavy atom. The molecule has 0 unspecified atom stereocenters. The molecule has 0 atom stereocenters. The number of fused-ring (bicyclic) bond motifs is 1. The summed E-state index contributed by atoms with van der Waals surface area (Å²) < 4.78 is 46.0. The molecular weight excluding hydrogens is 537 g/mol. The summed E-state index contributed by atoms with van der Waals surface area (Å²) in [7, 11) is -2.14. The molecule has 3 aromatic heterocycles. The Kier molecular flexibility index (Phi) is 6.37. The highest BCUT2D eigenvalue weighted by atomic mass is 32.2. The van der Waals surface area contributed by atoms with Crippen LogP contribution in [-0.4, -0.2) is 37.3 Å². The normalized spacial score (nSPS) is 13.7. The van der Waals surface area contributed by atoms with Crippen molar-refractivity contribution in [3.63, 3.8) is 0 Å². The molecule has 1 saturated carbocycles. The molecule has 2 aromatic carbocycles. The molecule has 13 heteroatoms. The minimum absolute atomic E-state index is 0.0549. The van der Waals surface area contributed by atoms with Gasteiger partial charge in [-0.1, -0.05) is 30.3 Å². The third-order valence-corrected chi connectivity index (χ3v) is 8.24. The number of aromatic nitrogens is 6. The number of rotatable bonds is 9. The largest absolute Gasteiger partial charge is 0.336 e. The molecule has 6 rings (SSSR count). The summed E-state index contributed by atoms with van der Waals surface area (Å²) >= 11 is 0. The van der Waals surface area contributed by atoms with Crippen LogP contribution in [0, 0.1) is 11.7 Å². The van der Waals surface area contributed by atoms with Crippen LogP contribution in [0.25, 0.3) is 11.2 Å². The lowest BCUT2D eigenvalue weighted by Gasteiger charge is -2.11. The lowest BCUT2D eigenvalue weighted by atomic mass is 10.1. The van der Waals surface area contributed by atoms with Crippen LogP contribution < -0.4 is 16.0 Å². The van der Waals surface area contributed by atoms with E-state index >= 15 is 0 Å². The van der Waals surface area contributed by atoms with Crippen LogP contribution in [0.15, 0.2) is 75.4 Å². The van der Waals surface area contributed by atoms with Crippen molar-refractivity contribution in [2.75, 3.05) is 4.72 Å². The predicted molar refractivity (Wildman–Crippen MR) is 146 cm³/mol. The van der Waals surface area contributed by atoms with Crippen LogP contribution in [0.5, 0.6) is 0 Å². The van der Waals surface area contributed by atoms with Crippen LogP contribution in [0.3, 0.4) is 0 Å². The second-order valence-electron chi connectivity index (χ2n) is 10.0. The number of anilines is 1. The molecule has 5 aromatic rings. The second-order valence-corrected chi connectivity index (χ2v) is 11.7. The number of aromatic amines is 1. The Hall–Kier alpha value is -4.52. The second kappa shape index (κ2) is 9.90. The van der Waals surface area contributed by atoms with E-state index in [1.807, 2.05) is 0 Å². The molecule has 1 fully saturated rings. The average Bonchev–Trinajstić information content (AvgIpc) is 3.47. The van der Waals surface area contributed by atoms with Gasteiger partial charge in [0.2, 0.25) is 0 Å². The lowest BCUT2D eigenvalue weighted by Crippen LogP contribution is -2.40. The number of halogens is 1. The monoisotopic (exact) mass is 563 g/mol. The number of aryl methyl sites for hydroxylation is 1. The average molecular weight is 564 g/mol. The van der Waals surface area contributed by atoms with E-state index in [0.717, 1.165) is 23.0 Å². The summed E-state index contributed by atoms with van der Waals surface area (Å²) in [5.41, 5.74) is 0.829. The zero-order chi connectivity index (χ0) is 28.0. The highest BCUT2D eigenvalue weighted by Gasteiger charge is 2.26. The molecule has 0 saturated heterocycles. The Morgan fingerprint density at radius 2 is 1.82 bits per heavy atom. The van der Waals surface area contributed by atoms with Crippen LogP contribution in [0.1, 0.15) is 29.8 Å². The Balaban J connectivity index is 1.30. The van der Waals surface area contributed by atoms with Crippen LogP contribution in [0.4, 0.5) is 10.1 Å². The lowest BCUT2D eigenvalue weighted by molar-refractivity contribution is 0.548. The van der Waals surface area contributed by atoms with Crippen molar-refractivity contribution in [1.82, 2.24) is 28.9 Å². The highest BCUT2D eigenvalue weighted by molar-refractivity contribution is 7.92. The maximum absolute atomic E-state index is 14.3. The molecule has 0 spiro atoms. The van der Waals surface area contributed by atoms with Crippen molar-refractivity contribution in [2.45, 2.75) is 37.2 Å². The molecule has 3 heterocycles. The van der Waals surface area contributed by atoms with Gasteiger partial charge in [0.1, 0.15) is 22.1 Å². The minimum atomic E-state index is -3.77. The number of H-pyrrole nitrogens is 1. The molecular formula is C27H26FN7O4S. The first kappa shape index (κ1) is 25.7. The topological polar surface area (TPSA) is 137 Å². The minimum Gasteiger partial charge on any atom is -0.336 e. The van der Waals surface area contributed by atoms with Crippen LogP contribution in [-0.2, 0) is 36.6 Å². The number of imidazole rings is 1. The van der Waals surface area contributed by atoms with Gasteiger partial charge in [-0.15, -0.1) is 0 Å². The molecule has 1 aliphatic rings. The molecule has 40 heavy (non-hydrogen) atoms. The van der Waals surface area contributed by atoms with Crippen molar-refractivity contribution in [2.24, 2.45) is 13.0 Å². The fraction of sp³-hybridized carbons (Fsp3) is 0.259. The summed E-state index contributed by atoms with van der Waals surface area (Å²) in [6.07, 6.45) is 4.98. The summed E-state index contributed by atoms with van der Waals surface area (Å²) in [6, 6.07) is 12.8. The summed E-state index contributed by atoms with van der Waals surface area (Å²) in [4.78, 5) is 34.5. The van der Waals surface area contributed by atoms with E-state index in [4.69, 9.17) is 0 Å². The molecule has 11 nitrogen and oxygen atoms in total. The van der Waals surface area contributed by atoms with Gasteiger partial charge >= 0.3 is 5.69 Å². The summed E-state index contributed by atoms with van der Waals surface area (Å²) in [5, 5.41) is 3.90.